The van der Waals surface area contributed by atoms with Crippen molar-refractivity contribution in [1.82, 2.24) is 4.90 Å². The smallest absolute Gasteiger partial charge is 0.401 e. The second-order valence-electron chi connectivity index (χ2n) is 5.18. The summed E-state index contributed by atoms with van der Waals surface area (Å²) in [7, 11) is 0. The molecule has 1 aliphatic rings. The summed E-state index contributed by atoms with van der Waals surface area (Å²) in [6.45, 7) is 4.09. The summed E-state index contributed by atoms with van der Waals surface area (Å²) in [4.78, 5) is 1.40. The molecule has 0 amide bonds. The number of anilines is 1. The zero-order valence-corrected chi connectivity index (χ0v) is 11.6. The number of benzene rings is 1. The van der Waals surface area contributed by atoms with Crippen LogP contribution in [-0.4, -0.2) is 36.8 Å². The van der Waals surface area contributed by atoms with Crippen LogP contribution in [0, 0.1) is 0 Å². The van der Waals surface area contributed by atoms with E-state index in [-0.39, 0.29) is 12.6 Å². The highest BCUT2D eigenvalue weighted by atomic mass is 19.4. The van der Waals surface area contributed by atoms with Gasteiger partial charge in [0.25, 0.3) is 0 Å². The van der Waals surface area contributed by atoms with Crippen LogP contribution in [0.25, 0.3) is 0 Å². The van der Waals surface area contributed by atoms with Gasteiger partial charge in [0.05, 0.1) is 12.2 Å². The third kappa shape index (κ3) is 3.79. The SMILES string of the molecule is CC(C)N(Cc1cccc2c1OCCN2)CC(F)(F)F. The van der Waals surface area contributed by atoms with Gasteiger partial charge in [-0.25, -0.2) is 0 Å². The van der Waals surface area contributed by atoms with E-state index in [9.17, 15) is 13.2 Å². The summed E-state index contributed by atoms with van der Waals surface area (Å²) >= 11 is 0. The quantitative estimate of drug-likeness (QED) is 0.920. The molecule has 3 nitrogen and oxygen atoms in total. The predicted molar refractivity (Wildman–Crippen MR) is 72.0 cm³/mol. The molecule has 0 saturated heterocycles. The number of nitrogens with one attached hydrogen (secondary N) is 1. The fraction of sp³-hybridized carbons (Fsp3) is 0.571. The maximum atomic E-state index is 12.6. The van der Waals surface area contributed by atoms with Crippen LogP contribution in [-0.2, 0) is 6.54 Å². The predicted octanol–water partition coefficient (Wildman–Crippen LogP) is 3.26. The Kier molecular flexibility index (Phi) is 4.42. The second-order valence-corrected chi connectivity index (χ2v) is 5.18. The van der Waals surface area contributed by atoms with Gasteiger partial charge in [-0.05, 0) is 19.9 Å². The Morgan fingerprint density at radius 1 is 1.35 bits per heavy atom. The number of ether oxygens (including phenoxy) is 1. The molecule has 20 heavy (non-hydrogen) atoms. The van der Waals surface area contributed by atoms with Gasteiger partial charge in [-0.15, -0.1) is 0 Å². The van der Waals surface area contributed by atoms with Gasteiger partial charge in [-0.1, -0.05) is 12.1 Å². The molecule has 1 aromatic rings. The van der Waals surface area contributed by atoms with E-state index >= 15 is 0 Å². The van der Waals surface area contributed by atoms with Crippen molar-refractivity contribution in [3.05, 3.63) is 23.8 Å². The third-order valence-corrected chi connectivity index (χ3v) is 3.25. The molecule has 0 aromatic heterocycles. The van der Waals surface area contributed by atoms with Crippen LogP contribution in [0.5, 0.6) is 5.75 Å². The molecule has 0 saturated carbocycles. The molecule has 1 aromatic carbocycles. The van der Waals surface area contributed by atoms with E-state index < -0.39 is 12.7 Å². The van der Waals surface area contributed by atoms with E-state index in [0.29, 0.717) is 18.9 Å². The van der Waals surface area contributed by atoms with Crippen molar-refractivity contribution in [3.8, 4) is 5.75 Å². The van der Waals surface area contributed by atoms with Crippen LogP contribution >= 0.6 is 0 Å². The van der Waals surface area contributed by atoms with Crippen molar-refractivity contribution < 1.29 is 17.9 Å². The minimum atomic E-state index is -4.20. The van der Waals surface area contributed by atoms with Crippen molar-refractivity contribution >= 4 is 5.69 Å². The van der Waals surface area contributed by atoms with Crippen LogP contribution in [0.15, 0.2) is 18.2 Å². The standard InChI is InChI=1S/C14H19F3N2O/c1-10(2)19(9-14(15,16)17)8-11-4-3-5-12-13(11)20-7-6-18-12/h3-5,10,18H,6-9H2,1-2H3. The van der Waals surface area contributed by atoms with Crippen LogP contribution in [0.2, 0.25) is 0 Å². The Morgan fingerprint density at radius 2 is 2.10 bits per heavy atom. The van der Waals surface area contributed by atoms with Gasteiger partial charge in [0.15, 0.2) is 0 Å². The average Bonchev–Trinajstić information content (AvgIpc) is 2.36. The average molecular weight is 288 g/mol. The van der Waals surface area contributed by atoms with E-state index in [1.165, 1.54) is 4.90 Å². The van der Waals surface area contributed by atoms with Crippen LogP contribution in [0.1, 0.15) is 19.4 Å². The maximum Gasteiger partial charge on any atom is 0.401 e. The highest BCUT2D eigenvalue weighted by molar-refractivity contribution is 5.61. The van der Waals surface area contributed by atoms with Crippen molar-refractivity contribution in [2.75, 3.05) is 25.0 Å². The van der Waals surface area contributed by atoms with Crippen molar-refractivity contribution in [2.24, 2.45) is 0 Å². The molecule has 0 spiro atoms. The van der Waals surface area contributed by atoms with Crippen molar-refractivity contribution in [1.29, 1.82) is 0 Å². The fourth-order valence-electron chi connectivity index (χ4n) is 2.23. The monoisotopic (exact) mass is 288 g/mol. The Hall–Kier alpha value is -1.43. The zero-order valence-electron chi connectivity index (χ0n) is 11.6. The number of nitrogens with zero attached hydrogens (tertiary/aromatic N) is 1. The lowest BCUT2D eigenvalue weighted by Gasteiger charge is -2.29. The summed E-state index contributed by atoms with van der Waals surface area (Å²) in [5.74, 6) is 0.673. The molecule has 6 heteroatoms. The molecule has 0 atom stereocenters. The summed E-state index contributed by atoms with van der Waals surface area (Å²) in [6, 6.07) is 5.34. The van der Waals surface area contributed by atoms with Crippen LogP contribution in [0.4, 0.5) is 18.9 Å². The number of hydrogen-bond donors (Lipinski definition) is 1. The molecule has 1 aliphatic heterocycles. The van der Waals surface area contributed by atoms with E-state index in [4.69, 9.17) is 4.74 Å². The maximum absolute atomic E-state index is 12.6. The van der Waals surface area contributed by atoms with Gasteiger partial charge in [0, 0.05) is 24.7 Å². The second kappa shape index (κ2) is 5.91. The van der Waals surface area contributed by atoms with Crippen molar-refractivity contribution in [3.63, 3.8) is 0 Å². The molecule has 0 bridgehead atoms. The number of halogens is 3. The van der Waals surface area contributed by atoms with E-state index in [1.54, 1.807) is 13.8 Å². The van der Waals surface area contributed by atoms with E-state index in [0.717, 1.165) is 11.3 Å². The molecule has 112 valence electrons. The Balaban J connectivity index is 2.18. The lowest BCUT2D eigenvalue weighted by Crippen LogP contribution is -2.38. The van der Waals surface area contributed by atoms with Crippen LogP contribution < -0.4 is 10.1 Å². The minimum Gasteiger partial charge on any atom is -0.489 e. The molecular weight excluding hydrogens is 269 g/mol. The van der Waals surface area contributed by atoms with Gasteiger partial charge in [0.1, 0.15) is 12.4 Å². The number of para-hydroxylation sites is 1. The Morgan fingerprint density at radius 3 is 2.75 bits per heavy atom. The van der Waals surface area contributed by atoms with E-state index in [1.807, 2.05) is 18.2 Å². The third-order valence-electron chi connectivity index (χ3n) is 3.25. The summed E-state index contributed by atoms with van der Waals surface area (Å²) < 4.78 is 43.5. The molecule has 1 N–H and O–H groups in total. The number of fused-ring (bicyclic) bond motifs is 1. The van der Waals surface area contributed by atoms with Crippen molar-refractivity contribution in [2.45, 2.75) is 32.6 Å². The summed E-state index contributed by atoms with van der Waals surface area (Å²) in [6.07, 6.45) is -4.20. The summed E-state index contributed by atoms with van der Waals surface area (Å²) in [5, 5.41) is 3.19. The van der Waals surface area contributed by atoms with E-state index in [2.05, 4.69) is 5.32 Å². The lowest BCUT2D eigenvalue weighted by atomic mass is 10.1. The largest absolute Gasteiger partial charge is 0.489 e. The van der Waals surface area contributed by atoms with Crippen LogP contribution in [0.3, 0.4) is 0 Å². The lowest BCUT2D eigenvalue weighted by molar-refractivity contribution is -0.150. The summed E-state index contributed by atoms with van der Waals surface area (Å²) in [5.41, 5.74) is 1.64. The highest BCUT2D eigenvalue weighted by Gasteiger charge is 2.32. The first-order valence-electron chi connectivity index (χ1n) is 6.66. The minimum absolute atomic E-state index is 0.191. The molecule has 1 heterocycles. The first-order valence-corrected chi connectivity index (χ1v) is 6.66. The normalized spacial score (nSPS) is 14.9. The van der Waals surface area contributed by atoms with Gasteiger partial charge in [0.2, 0.25) is 0 Å². The number of alkyl halides is 3. The first kappa shape index (κ1) is 15.0. The van der Waals surface area contributed by atoms with Gasteiger partial charge >= 0.3 is 6.18 Å². The topological polar surface area (TPSA) is 24.5 Å². The Bertz CT molecular complexity index is 460. The Labute approximate surface area is 116 Å². The van der Waals surface area contributed by atoms with Gasteiger partial charge < -0.3 is 10.1 Å². The zero-order chi connectivity index (χ0) is 14.8. The highest BCUT2D eigenvalue weighted by Crippen LogP contribution is 2.32. The molecule has 0 unspecified atom stereocenters. The molecular formula is C14H19F3N2O. The molecule has 0 aliphatic carbocycles. The first-order chi connectivity index (χ1) is 9.37. The molecule has 2 rings (SSSR count). The molecule has 0 fully saturated rings. The van der Waals surface area contributed by atoms with Gasteiger partial charge in [-0.2, -0.15) is 13.2 Å². The fourth-order valence-corrected chi connectivity index (χ4v) is 2.23. The van der Waals surface area contributed by atoms with Gasteiger partial charge in [-0.3, -0.25) is 4.90 Å². The number of hydrogen-bond acceptors (Lipinski definition) is 3. The number of rotatable bonds is 4. The molecule has 0 radical (unpaired) electrons.